The predicted molar refractivity (Wildman–Crippen MR) is 139 cm³/mol. The minimum atomic E-state index is -0.364. The molecule has 0 aromatic rings. The van der Waals surface area contributed by atoms with E-state index in [1.165, 1.54) is 5.57 Å². The van der Waals surface area contributed by atoms with Crippen molar-refractivity contribution in [3.63, 3.8) is 0 Å². The predicted octanol–water partition coefficient (Wildman–Crippen LogP) is 7.10. The Labute approximate surface area is 213 Å². The summed E-state index contributed by atoms with van der Waals surface area (Å²) in [6, 6.07) is 0. The van der Waals surface area contributed by atoms with Crippen LogP contribution in [0.5, 0.6) is 0 Å². The largest absolute Gasteiger partial charge is 0.469 e. The number of carbonyl (C=O) groups excluding carboxylic acids is 3. The van der Waals surface area contributed by atoms with Gasteiger partial charge in [0.2, 0.25) is 0 Å². The molecule has 0 N–H and O–H groups in total. The number of ether oxygens (including phenoxy) is 1. The third-order valence-corrected chi connectivity index (χ3v) is 11.9. The first kappa shape index (κ1) is 26.6. The molecule has 0 aliphatic heterocycles. The Morgan fingerprint density at radius 3 is 2.23 bits per heavy atom. The maximum absolute atomic E-state index is 13.2. The summed E-state index contributed by atoms with van der Waals surface area (Å²) in [7, 11) is 1.55. The molecule has 4 saturated carbocycles. The summed E-state index contributed by atoms with van der Waals surface area (Å²) in [5.41, 5.74) is 0.879. The lowest BCUT2D eigenvalue weighted by Gasteiger charge is -2.64. The molecule has 35 heavy (non-hydrogen) atoms. The number of carbonyl (C=O) groups is 3. The summed E-state index contributed by atoms with van der Waals surface area (Å²) in [6.07, 6.45) is 11.3. The highest BCUT2D eigenvalue weighted by atomic mass is 16.5. The number of Topliss-reactive ketones (excluding diaryl/α,β-unsaturated/α-hetero) is 1. The summed E-state index contributed by atoms with van der Waals surface area (Å²) in [6.45, 7) is 15.6. The van der Waals surface area contributed by atoms with Gasteiger partial charge in [-0.05, 0) is 104 Å². The maximum atomic E-state index is 13.2. The second kappa shape index (κ2) is 8.55. The standard InChI is InChI=1S/C31H48O4/c1-20(32)17-25-29(6)11-10-24(33)21(2)23(29)9-12-30(25,7)28(5)14-16-31(26(34)35-8)15-13-27(3,4)18-22(31)19-28/h17,21-23H,9-16,18-19H2,1-8H3/b25-17-/t21-,22?,23-,28+,29-,30+,31-/m0/s1. The van der Waals surface area contributed by atoms with Crippen molar-refractivity contribution in [2.45, 2.75) is 113 Å². The number of hydrogen-bond donors (Lipinski definition) is 0. The quantitative estimate of drug-likeness (QED) is 0.317. The zero-order chi connectivity index (χ0) is 26.0. The molecule has 0 bridgehead atoms. The number of esters is 1. The van der Waals surface area contributed by atoms with Gasteiger partial charge >= 0.3 is 5.97 Å². The van der Waals surface area contributed by atoms with Crippen molar-refractivity contribution >= 4 is 17.5 Å². The minimum Gasteiger partial charge on any atom is -0.469 e. The van der Waals surface area contributed by atoms with Crippen molar-refractivity contribution in [2.24, 2.45) is 44.8 Å². The Morgan fingerprint density at radius 1 is 0.943 bits per heavy atom. The van der Waals surface area contributed by atoms with Crippen molar-refractivity contribution in [3.8, 4) is 0 Å². The molecule has 4 rings (SSSR count). The molecule has 0 aromatic heterocycles. The third-order valence-electron chi connectivity index (χ3n) is 11.9. The van der Waals surface area contributed by atoms with Gasteiger partial charge in [-0.2, -0.15) is 0 Å². The summed E-state index contributed by atoms with van der Waals surface area (Å²) < 4.78 is 5.41. The molecule has 1 unspecified atom stereocenters. The van der Waals surface area contributed by atoms with Crippen molar-refractivity contribution in [1.82, 2.24) is 0 Å². The van der Waals surface area contributed by atoms with Crippen molar-refractivity contribution in [1.29, 1.82) is 0 Å². The van der Waals surface area contributed by atoms with E-state index in [0.717, 1.165) is 57.8 Å². The second-order valence-electron chi connectivity index (χ2n) is 14.3. The molecule has 0 spiro atoms. The van der Waals surface area contributed by atoms with Crippen LogP contribution >= 0.6 is 0 Å². The monoisotopic (exact) mass is 484 g/mol. The molecule has 196 valence electrons. The van der Waals surface area contributed by atoms with Gasteiger partial charge in [-0.25, -0.2) is 0 Å². The number of rotatable bonds is 3. The fraction of sp³-hybridized carbons (Fsp3) is 0.839. The minimum absolute atomic E-state index is 0.0113. The third kappa shape index (κ3) is 3.96. The van der Waals surface area contributed by atoms with Crippen LogP contribution in [0.4, 0.5) is 0 Å². The average Bonchev–Trinajstić information content (AvgIpc) is 2.78. The number of ketones is 2. The van der Waals surface area contributed by atoms with Crippen LogP contribution in [0.25, 0.3) is 0 Å². The molecule has 4 nitrogen and oxygen atoms in total. The summed E-state index contributed by atoms with van der Waals surface area (Å²) in [5.74, 6) is 1.13. The van der Waals surface area contributed by atoms with E-state index in [1.807, 2.05) is 6.08 Å². The van der Waals surface area contributed by atoms with Gasteiger partial charge in [0.15, 0.2) is 5.78 Å². The van der Waals surface area contributed by atoms with Crippen LogP contribution in [0.1, 0.15) is 113 Å². The summed E-state index contributed by atoms with van der Waals surface area (Å²) in [5, 5.41) is 0. The maximum Gasteiger partial charge on any atom is 0.312 e. The van der Waals surface area contributed by atoms with Crippen molar-refractivity contribution < 1.29 is 19.1 Å². The van der Waals surface area contributed by atoms with Crippen LogP contribution < -0.4 is 0 Å². The van der Waals surface area contributed by atoms with Gasteiger partial charge in [0.1, 0.15) is 5.78 Å². The smallest absolute Gasteiger partial charge is 0.312 e. The van der Waals surface area contributed by atoms with E-state index >= 15 is 0 Å². The van der Waals surface area contributed by atoms with E-state index in [9.17, 15) is 14.4 Å². The number of allylic oxidation sites excluding steroid dienone is 2. The van der Waals surface area contributed by atoms with E-state index < -0.39 is 0 Å². The Hall–Kier alpha value is -1.45. The lowest BCUT2D eigenvalue weighted by molar-refractivity contribution is -0.174. The summed E-state index contributed by atoms with van der Waals surface area (Å²) >= 11 is 0. The topological polar surface area (TPSA) is 60.4 Å². The SMILES string of the molecule is COC(=O)[C@]12CCC(C)(C)CC1C[C@](C)([C@]1(C)CC[C@H]3[C@H](C)C(=O)CC[C@]3(C)/C1=C/C(C)=O)CC2. The molecule has 4 heteroatoms. The number of methoxy groups -OCH3 is 1. The van der Waals surface area contributed by atoms with Gasteiger partial charge in [0.25, 0.3) is 0 Å². The average molecular weight is 485 g/mol. The highest BCUT2D eigenvalue weighted by molar-refractivity contribution is 5.89. The van der Waals surface area contributed by atoms with Gasteiger partial charge in [0, 0.05) is 12.3 Å². The van der Waals surface area contributed by atoms with Gasteiger partial charge < -0.3 is 4.74 Å². The van der Waals surface area contributed by atoms with Crippen molar-refractivity contribution in [3.05, 3.63) is 11.6 Å². The Kier molecular flexibility index (Phi) is 6.50. The molecule has 4 fully saturated rings. The van der Waals surface area contributed by atoms with Crippen LogP contribution in [-0.4, -0.2) is 24.6 Å². The number of hydrogen-bond acceptors (Lipinski definition) is 4. The summed E-state index contributed by atoms with van der Waals surface area (Å²) in [4.78, 5) is 38.5. The van der Waals surface area contributed by atoms with Gasteiger partial charge in [-0.1, -0.05) is 47.1 Å². The first-order chi connectivity index (χ1) is 16.1. The van der Waals surface area contributed by atoms with Gasteiger partial charge in [-0.3, -0.25) is 14.4 Å². The van der Waals surface area contributed by atoms with Crippen molar-refractivity contribution in [2.75, 3.05) is 7.11 Å². The molecule has 0 heterocycles. The molecule has 0 amide bonds. The highest BCUT2D eigenvalue weighted by Gasteiger charge is 2.64. The normalized spacial score (nSPS) is 46.5. The van der Waals surface area contributed by atoms with Crippen LogP contribution in [0.15, 0.2) is 11.6 Å². The zero-order valence-corrected chi connectivity index (χ0v) is 23.5. The van der Waals surface area contributed by atoms with Crippen LogP contribution in [-0.2, 0) is 19.1 Å². The first-order valence-corrected chi connectivity index (χ1v) is 14.0. The molecule has 4 aliphatic rings. The molecule has 7 atom stereocenters. The van der Waals surface area contributed by atoms with Crippen LogP contribution in [0.2, 0.25) is 0 Å². The second-order valence-corrected chi connectivity index (χ2v) is 14.3. The Bertz CT molecular complexity index is 946. The zero-order valence-electron chi connectivity index (χ0n) is 23.5. The fourth-order valence-electron chi connectivity index (χ4n) is 9.39. The van der Waals surface area contributed by atoms with E-state index in [4.69, 9.17) is 4.74 Å². The molecular formula is C31H48O4. The Morgan fingerprint density at radius 2 is 1.60 bits per heavy atom. The van der Waals surface area contributed by atoms with Gasteiger partial charge in [0.05, 0.1) is 12.5 Å². The molecule has 0 saturated heterocycles. The van der Waals surface area contributed by atoms with E-state index in [0.29, 0.717) is 24.0 Å². The van der Waals surface area contributed by atoms with E-state index in [2.05, 4.69) is 41.5 Å². The highest BCUT2D eigenvalue weighted by Crippen LogP contribution is 2.70. The van der Waals surface area contributed by atoms with Crippen LogP contribution in [0.3, 0.4) is 0 Å². The first-order valence-electron chi connectivity index (χ1n) is 14.0. The lowest BCUT2D eigenvalue weighted by atomic mass is 9.39. The van der Waals surface area contributed by atoms with Crippen LogP contribution in [0, 0.1) is 44.8 Å². The van der Waals surface area contributed by atoms with Gasteiger partial charge in [-0.15, -0.1) is 0 Å². The fourth-order valence-corrected chi connectivity index (χ4v) is 9.39. The molecule has 0 aromatic carbocycles. The van der Waals surface area contributed by atoms with E-state index in [1.54, 1.807) is 14.0 Å². The lowest BCUT2D eigenvalue weighted by Crippen LogP contribution is -2.58. The molecule has 4 aliphatic carbocycles. The number of fused-ring (bicyclic) bond motifs is 2. The van der Waals surface area contributed by atoms with E-state index in [-0.39, 0.29) is 44.7 Å². The Balaban J connectivity index is 1.77. The molecule has 0 radical (unpaired) electrons. The molecular weight excluding hydrogens is 436 g/mol.